The van der Waals surface area contributed by atoms with E-state index >= 15 is 0 Å². The minimum absolute atomic E-state index is 0.0507. The zero-order valence-electron chi connectivity index (χ0n) is 7.77. The summed E-state index contributed by atoms with van der Waals surface area (Å²) in [6.45, 7) is 3.99. The molecule has 1 aromatic carbocycles. The summed E-state index contributed by atoms with van der Waals surface area (Å²) in [5.74, 6) is 0. The first-order valence-electron chi connectivity index (χ1n) is 4.28. The fourth-order valence-electron chi connectivity index (χ4n) is 1.29. The molecule has 1 rings (SSSR count). The van der Waals surface area contributed by atoms with Gasteiger partial charge in [-0.15, -0.1) is 0 Å². The van der Waals surface area contributed by atoms with E-state index in [0.29, 0.717) is 10.0 Å². The average molecular weight is 218 g/mol. The molecule has 0 aromatic heterocycles. The van der Waals surface area contributed by atoms with E-state index in [1.165, 1.54) is 0 Å². The molecule has 13 heavy (non-hydrogen) atoms. The van der Waals surface area contributed by atoms with Crippen LogP contribution in [-0.2, 0) is 0 Å². The Bertz CT molecular complexity index is 310. The Kier molecular flexibility index (Phi) is 3.60. The number of rotatable bonds is 2. The van der Waals surface area contributed by atoms with Crippen molar-refractivity contribution in [2.75, 3.05) is 0 Å². The van der Waals surface area contributed by atoms with Gasteiger partial charge in [-0.1, -0.05) is 36.2 Å². The highest BCUT2D eigenvalue weighted by Crippen LogP contribution is 2.30. The fourth-order valence-corrected chi connectivity index (χ4v) is 1.67. The molecule has 0 saturated carbocycles. The van der Waals surface area contributed by atoms with E-state index in [1.54, 1.807) is 6.07 Å². The lowest BCUT2D eigenvalue weighted by molar-refractivity contribution is 0.694. The van der Waals surface area contributed by atoms with Gasteiger partial charge >= 0.3 is 0 Å². The molecule has 1 aromatic rings. The van der Waals surface area contributed by atoms with Crippen molar-refractivity contribution < 1.29 is 0 Å². The molecule has 72 valence electrons. The zero-order chi connectivity index (χ0) is 10.0. The SMILES string of the molecule is CCC(N)c1ccc(Cl)c(Cl)c1C. The summed E-state index contributed by atoms with van der Waals surface area (Å²) in [7, 11) is 0. The Labute approximate surface area is 88.8 Å². The number of hydrogen-bond acceptors (Lipinski definition) is 1. The van der Waals surface area contributed by atoms with Crippen LogP contribution in [0, 0.1) is 6.92 Å². The van der Waals surface area contributed by atoms with E-state index in [-0.39, 0.29) is 6.04 Å². The average Bonchev–Trinajstić information content (AvgIpc) is 2.13. The van der Waals surface area contributed by atoms with Gasteiger partial charge in [-0.2, -0.15) is 0 Å². The summed E-state index contributed by atoms with van der Waals surface area (Å²) in [5.41, 5.74) is 7.98. The molecule has 0 aliphatic heterocycles. The fraction of sp³-hybridized carbons (Fsp3) is 0.400. The quantitative estimate of drug-likeness (QED) is 0.804. The lowest BCUT2D eigenvalue weighted by Crippen LogP contribution is -2.10. The third kappa shape index (κ3) is 2.16. The van der Waals surface area contributed by atoms with Crippen LogP contribution in [0.4, 0.5) is 0 Å². The molecule has 0 aliphatic carbocycles. The monoisotopic (exact) mass is 217 g/mol. The Balaban J connectivity index is 3.18. The summed E-state index contributed by atoms with van der Waals surface area (Å²) in [5, 5.41) is 1.20. The maximum absolute atomic E-state index is 6.00. The molecule has 1 nitrogen and oxygen atoms in total. The topological polar surface area (TPSA) is 26.0 Å². The van der Waals surface area contributed by atoms with Crippen LogP contribution in [-0.4, -0.2) is 0 Å². The van der Waals surface area contributed by atoms with Crippen molar-refractivity contribution in [3.8, 4) is 0 Å². The minimum Gasteiger partial charge on any atom is -0.324 e. The van der Waals surface area contributed by atoms with Crippen LogP contribution in [0.5, 0.6) is 0 Å². The summed E-state index contributed by atoms with van der Waals surface area (Å²) >= 11 is 11.9. The van der Waals surface area contributed by atoms with Gasteiger partial charge in [-0.3, -0.25) is 0 Å². The molecule has 0 fully saturated rings. The summed E-state index contributed by atoms with van der Waals surface area (Å²) < 4.78 is 0. The minimum atomic E-state index is 0.0507. The predicted octanol–water partition coefficient (Wildman–Crippen LogP) is 3.71. The smallest absolute Gasteiger partial charge is 0.0624 e. The van der Waals surface area contributed by atoms with Crippen molar-refractivity contribution in [1.29, 1.82) is 0 Å². The Morgan fingerprint density at radius 2 is 2.00 bits per heavy atom. The first-order valence-corrected chi connectivity index (χ1v) is 5.03. The molecular formula is C10H13Cl2N. The van der Waals surface area contributed by atoms with E-state index in [0.717, 1.165) is 17.5 Å². The standard InChI is InChI=1S/C10H13Cl2N/c1-3-9(13)7-4-5-8(11)10(12)6(7)2/h4-5,9H,3,13H2,1-2H3. The van der Waals surface area contributed by atoms with Gasteiger partial charge in [0.05, 0.1) is 10.0 Å². The number of halogens is 2. The van der Waals surface area contributed by atoms with Crippen LogP contribution in [0.1, 0.15) is 30.5 Å². The summed E-state index contributed by atoms with van der Waals surface area (Å²) in [4.78, 5) is 0. The first kappa shape index (κ1) is 10.8. The summed E-state index contributed by atoms with van der Waals surface area (Å²) in [6.07, 6.45) is 0.902. The lowest BCUT2D eigenvalue weighted by Gasteiger charge is -2.14. The highest BCUT2D eigenvalue weighted by molar-refractivity contribution is 6.42. The van der Waals surface area contributed by atoms with Gasteiger partial charge in [-0.25, -0.2) is 0 Å². The highest BCUT2D eigenvalue weighted by atomic mass is 35.5. The van der Waals surface area contributed by atoms with Crippen LogP contribution >= 0.6 is 23.2 Å². The van der Waals surface area contributed by atoms with E-state index in [4.69, 9.17) is 28.9 Å². The Morgan fingerprint density at radius 3 is 2.54 bits per heavy atom. The van der Waals surface area contributed by atoms with Gasteiger partial charge < -0.3 is 5.73 Å². The van der Waals surface area contributed by atoms with Crippen LogP contribution < -0.4 is 5.73 Å². The summed E-state index contributed by atoms with van der Waals surface area (Å²) in [6, 6.07) is 3.79. The molecule has 0 saturated heterocycles. The van der Waals surface area contributed by atoms with E-state index < -0.39 is 0 Å². The maximum Gasteiger partial charge on any atom is 0.0624 e. The van der Waals surface area contributed by atoms with Gasteiger partial charge in [0.1, 0.15) is 0 Å². The Hall–Kier alpha value is -0.240. The van der Waals surface area contributed by atoms with Crippen molar-refractivity contribution >= 4 is 23.2 Å². The number of benzene rings is 1. The molecule has 0 aliphatic rings. The first-order chi connectivity index (χ1) is 6.07. The van der Waals surface area contributed by atoms with Crippen LogP contribution in [0.25, 0.3) is 0 Å². The molecule has 2 N–H and O–H groups in total. The van der Waals surface area contributed by atoms with E-state index in [9.17, 15) is 0 Å². The predicted molar refractivity (Wildman–Crippen MR) is 58.4 cm³/mol. The van der Waals surface area contributed by atoms with Gasteiger partial charge in [0.25, 0.3) is 0 Å². The Morgan fingerprint density at radius 1 is 1.38 bits per heavy atom. The van der Waals surface area contributed by atoms with Crippen molar-refractivity contribution in [1.82, 2.24) is 0 Å². The molecule has 0 heterocycles. The second kappa shape index (κ2) is 4.32. The molecular weight excluding hydrogens is 205 g/mol. The van der Waals surface area contributed by atoms with Crippen LogP contribution in [0.15, 0.2) is 12.1 Å². The van der Waals surface area contributed by atoms with Crippen LogP contribution in [0.3, 0.4) is 0 Å². The van der Waals surface area contributed by atoms with Gasteiger partial charge in [-0.05, 0) is 30.5 Å². The zero-order valence-corrected chi connectivity index (χ0v) is 9.28. The number of hydrogen-bond donors (Lipinski definition) is 1. The second-order valence-electron chi connectivity index (χ2n) is 3.09. The second-order valence-corrected chi connectivity index (χ2v) is 3.88. The third-order valence-electron chi connectivity index (χ3n) is 2.22. The van der Waals surface area contributed by atoms with E-state index in [1.807, 2.05) is 19.9 Å². The largest absolute Gasteiger partial charge is 0.324 e. The number of nitrogens with two attached hydrogens (primary N) is 1. The lowest BCUT2D eigenvalue weighted by atomic mass is 10.0. The molecule has 3 heteroatoms. The van der Waals surface area contributed by atoms with Crippen molar-refractivity contribution in [2.24, 2.45) is 5.73 Å². The maximum atomic E-state index is 6.00. The molecule has 1 atom stereocenters. The molecule has 0 bridgehead atoms. The van der Waals surface area contributed by atoms with Crippen molar-refractivity contribution in [2.45, 2.75) is 26.3 Å². The molecule has 0 spiro atoms. The third-order valence-corrected chi connectivity index (χ3v) is 3.12. The van der Waals surface area contributed by atoms with Gasteiger partial charge in [0.2, 0.25) is 0 Å². The molecule has 0 amide bonds. The van der Waals surface area contributed by atoms with Gasteiger partial charge in [0, 0.05) is 6.04 Å². The van der Waals surface area contributed by atoms with Gasteiger partial charge in [0.15, 0.2) is 0 Å². The van der Waals surface area contributed by atoms with E-state index in [2.05, 4.69) is 0 Å². The normalized spacial score (nSPS) is 13.0. The van der Waals surface area contributed by atoms with Crippen LogP contribution in [0.2, 0.25) is 10.0 Å². The van der Waals surface area contributed by atoms with Crippen molar-refractivity contribution in [3.63, 3.8) is 0 Å². The molecule has 1 unspecified atom stereocenters. The van der Waals surface area contributed by atoms with Crippen molar-refractivity contribution in [3.05, 3.63) is 33.3 Å². The molecule has 0 radical (unpaired) electrons. The highest BCUT2D eigenvalue weighted by Gasteiger charge is 2.10.